The van der Waals surface area contributed by atoms with Crippen LogP contribution in [0.5, 0.6) is 0 Å². The van der Waals surface area contributed by atoms with E-state index in [2.05, 4.69) is 5.10 Å². The molecule has 27 heavy (non-hydrogen) atoms. The molecule has 0 unspecified atom stereocenters. The van der Waals surface area contributed by atoms with Gasteiger partial charge in [-0.2, -0.15) is 5.10 Å². The smallest absolute Gasteiger partial charge is 0.254 e. The lowest BCUT2D eigenvalue weighted by Crippen LogP contribution is -2.29. The van der Waals surface area contributed by atoms with Crippen molar-refractivity contribution in [2.75, 3.05) is 7.05 Å². The molecule has 0 saturated heterocycles. The number of ketones is 1. The Hall–Kier alpha value is -3.21. The van der Waals surface area contributed by atoms with Gasteiger partial charge in [0.05, 0.1) is 17.8 Å². The van der Waals surface area contributed by atoms with Gasteiger partial charge >= 0.3 is 0 Å². The third-order valence-corrected chi connectivity index (χ3v) is 4.57. The Morgan fingerprint density at radius 2 is 1.67 bits per heavy atom. The Balaban J connectivity index is 1.87. The third-order valence-electron chi connectivity index (χ3n) is 4.57. The van der Waals surface area contributed by atoms with E-state index in [-0.39, 0.29) is 11.7 Å². The highest BCUT2D eigenvalue weighted by atomic mass is 16.2. The SMILES string of the molecule is CCn1nccc1CN(C)C(=O)c1ccccc1C(=O)c1ccc(C)cc1. The molecule has 1 heterocycles. The molecule has 0 fully saturated rings. The molecule has 0 bridgehead atoms. The van der Waals surface area contributed by atoms with Gasteiger partial charge in [-0.1, -0.05) is 48.0 Å². The first-order chi connectivity index (χ1) is 13.0. The van der Waals surface area contributed by atoms with Crippen LogP contribution in [0.15, 0.2) is 60.8 Å². The lowest BCUT2D eigenvalue weighted by Gasteiger charge is -2.19. The Labute approximate surface area is 159 Å². The topological polar surface area (TPSA) is 55.2 Å². The molecule has 0 aliphatic heterocycles. The second-order valence-corrected chi connectivity index (χ2v) is 6.54. The summed E-state index contributed by atoms with van der Waals surface area (Å²) in [6.07, 6.45) is 1.73. The van der Waals surface area contributed by atoms with Crippen molar-refractivity contribution in [2.45, 2.75) is 26.9 Å². The fourth-order valence-electron chi connectivity index (χ4n) is 3.03. The highest BCUT2D eigenvalue weighted by Gasteiger charge is 2.21. The van der Waals surface area contributed by atoms with Gasteiger partial charge in [0.25, 0.3) is 5.91 Å². The zero-order valence-electron chi connectivity index (χ0n) is 15.8. The molecule has 0 aliphatic carbocycles. The van der Waals surface area contributed by atoms with Crippen LogP contribution in [0.2, 0.25) is 0 Å². The van der Waals surface area contributed by atoms with Crippen molar-refractivity contribution in [2.24, 2.45) is 0 Å². The highest BCUT2D eigenvalue weighted by molar-refractivity contribution is 6.15. The number of carbonyl (C=O) groups excluding carboxylic acids is 2. The van der Waals surface area contributed by atoms with E-state index in [1.165, 1.54) is 0 Å². The molecule has 0 saturated carbocycles. The van der Waals surface area contributed by atoms with Crippen LogP contribution in [0.4, 0.5) is 0 Å². The van der Waals surface area contributed by atoms with Gasteiger partial charge in [0, 0.05) is 30.9 Å². The first-order valence-electron chi connectivity index (χ1n) is 8.97. The maximum Gasteiger partial charge on any atom is 0.254 e. The number of benzene rings is 2. The van der Waals surface area contributed by atoms with E-state index in [1.54, 1.807) is 54.5 Å². The van der Waals surface area contributed by atoms with E-state index in [9.17, 15) is 9.59 Å². The predicted octanol–water partition coefficient (Wildman–Crippen LogP) is 3.71. The summed E-state index contributed by atoms with van der Waals surface area (Å²) in [5.41, 5.74) is 3.45. The number of aromatic nitrogens is 2. The average molecular weight is 361 g/mol. The largest absolute Gasteiger partial charge is 0.336 e. The second kappa shape index (κ2) is 7.99. The average Bonchev–Trinajstić information content (AvgIpc) is 3.14. The van der Waals surface area contributed by atoms with E-state index in [1.807, 2.05) is 36.7 Å². The molecular formula is C22H23N3O2. The molecule has 0 atom stereocenters. The van der Waals surface area contributed by atoms with Gasteiger partial charge in [0.2, 0.25) is 0 Å². The molecule has 0 N–H and O–H groups in total. The molecule has 5 heteroatoms. The molecule has 1 amide bonds. The lowest BCUT2D eigenvalue weighted by atomic mass is 9.97. The number of aryl methyl sites for hydroxylation is 2. The quantitative estimate of drug-likeness (QED) is 0.629. The molecule has 1 aromatic heterocycles. The van der Waals surface area contributed by atoms with Gasteiger partial charge < -0.3 is 4.90 Å². The fraction of sp³-hybridized carbons (Fsp3) is 0.227. The number of amides is 1. The monoisotopic (exact) mass is 361 g/mol. The maximum atomic E-state index is 13.0. The van der Waals surface area contributed by atoms with Gasteiger partial charge in [0.15, 0.2) is 5.78 Å². The Kier molecular flexibility index (Phi) is 5.50. The van der Waals surface area contributed by atoms with Crippen LogP contribution >= 0.6 is 0 Å². The van der Waals surface area contributed by atoms with Crippen LogP contribution < -0.4 is 0 Å². The number of nitrogens with zero attached hydrogens (tertiary/aromatic N) is 3. The molecule has 0 spiro atoms. The summed E-state index contributed by atoms with van der Waals surface area (Å²) in [5, 5.41) is 4.24. The molecular weight excluding hydrogens is 338 g/mol. The molecule has 3 aromatic rings. The number of rotatable bonds is 6. The zero-order valence-corrected chi connectivity index (χ0v) is 15.8. The van der Waals surface area contributed by atoms with Crippen LogP contribution in [0.1, 0.15) is 44.5 Å². The Bertz CT molecular complexity index is 958. The van der Waals surface area contributed by atoms with Crippen LogP contribution in [0.3, 0.4) is 0 Å². The molecule has 2 aromatic carbocycles. The van der Waals surface area contributed by atoms with Crippen LogP contribution in [-0.2, 0) is 13.1 Å². The van der Waals surface area contributed by atoms with Crippen molar-refractivity contribution < 1.29 is 9.59 Å². The zero-order chi connectivity index (χ0) is 19.4. The number of hydrogen-bond donors (Lipinski definition) is 0. The van der Waals surface area contributed by atoms with Crippen molar-refractivity contribution in [3.05, 3.63) is 88.7 Å². The molecule has 3 rings (SSSR count). The first-order valence-corrected chi connectivity index (χ1v) is 8.97. The Morgan fingerprint density at radius 3 is 2.33 bits per heavy atom. The predicted molar refractivity (Wildman–Crippen MR) is 105 cm³/mol. The summed E-state index contributed by atoms with van der Waals surface area (Å²) < 4.78 is 1.85. The molecule has 0 aliphatic rings. The summed E-state index contributed by atoms with van der Waals surface area (Å²) in [7, 11) is 1.74. The maximum absolute atomic E-state index is 13.0. The minimum atomic E-state index is -0.185. The highest BCUT2D eigenvalue weighted by Crippen LogP contribution is 2.18. The first kappa shape index (κ1) is 18.6. The van der Waals surface area contributed by atoms with Crippen molar-refractivity contribution in [3.8, 4) is 0 Å². The minimum absolute atomic E-state index is 0.147. The number of hydrogen-bond acceptors (Lipinski definition) is 3. The summed E-state index contributed by atoms with van der Waals surface area (Å²) in [6.45, 7) is 5.15. The van der Waals surface area contributed by atoms with Crippen molar-refractivity contribution in [1.82, 2.24) is 14.7 Å². The van der Waals surface area contributed by atoms with Gasteiger partial charge in [-0.15, -0.1) is 0 Å². The number of carbonyl (C=O) groups is 2. The second-order valence-electron chi connectivity index (χ2n) is 6.54. The van der Waals surface area contributed by atoms with Crippen LogP contribution in [0.25, 0.3) is 0 Å². The third kappa shape index (κ3) is 3.97. The van der Waals surface area contributed by atoms with Gasteiger partial charge in [-0.25, -0.2) is 0 Å². The lowest BCUT2D eigenvalue weighted by molar-refractivity contribution is 0.0777. The summed E-state index contributed by atoms with van der Waals surface area (Å²) >= 11 is 0. The molecule has 0 radical (unpaired) electrons. The van der Waals surface area contributed by atoms with Gasteiger partial charge in [-0.3, -0.25) is 14.3 Å². The Morgan fingerprint density at radius 1 is 1.00 bits per heavy atom. The van der Waals surface area contributed by atoms with E-state index in [0.717, 1.165) is 17.8 Å². The standard InChI is InChI=1S/C22H23N3O2/c1-4-25-18(13-14-23-25)15-24(3)22(27)20-8-6-5-7-19(20)21(26)17-11-9-16(2)10-12-17/h5-14H,4,15H2,1-3H3. The van der Waals surface area contributed by atoms with E-state index in [4.69, 9.17) is 0 Å². The van der Waals surface area contributed by atoms with E-state index in [0.29, 0.717) is 23.2 Å². The summed E-state index contributed by atoms with van der Waals surface area (Å²) in [4.78, 5) is 27.6. The van der Waals surface area contributed by atoms with Gasteiger partial charge in [-0.05, 0) is 26.0 Å². The summed E-state index contributed by atoms with van der Waals surface area (Å²) in [5.74, 6) is -0.333. The van der Waals surface area contributed by atoms with Crippen molar-refractivity contribution in [3.63, 3.8) is 0 Å². The van der Waals surface area contributed by atoms with Crippen LogP contribution in [0, 0.1) is 6.92 Å². The van der Waals surface area contributed by atoms with Gasteiger partial charge in [0.1, 0.15) is 0 Å². The van der Waals surface area contributed by atoms with E-state index < -0.39 is 0 Å². The van der Waals surface area contributed by atoms with Crippen LogP contribution in [-0.4, -0.2) is 33.4 Å². The normalized spacial score (nSPS) is 10.6. The molecule has 138 valence electrons. The summed E-state index contributed by atoms with van der Waals surface area (Å²) in [6, 6.07) is 16.3. The van der Waals surface area contributed by atoms with Crippen molar-refractivity contribution in [1.29, 1.82) is 0 Å². The van der Waals surface area contributed by atoms with E-state index >= 15 is 0 Å². The van der Waals surface area contributed by atoms with Crippen molar-refractivity contribution >= 4 is 11.7 Å². The molecule has 5 nitrogen and oxygen atoms in total. The fourth-order valence-corrected chi connectivity index (χ4v) is 3.03. The minimum Gasteiger partial charge on any atom is -0.336 e.